The Morgan fingerprint density at radius 1 is 0.750 bits per heavy atom. The van der Waals surface area contributed by atoms with Crippen molar-refractivity contribution < 1.29 is 0 Å². The molecule has 0 bridgehead atoms. The SMILES string of the molecule is O=c1[nH]c(=S)[nH]c2nc(-c3ccccc3)c(-c3ccccc3)nc12. The Bertz CT molecular complexity index is 1130. The maximum absolute atomic E-state index is 12.2. The van der Waals surface area contributed by atoms with Crippen LogP contribution in [0.5, 0.6) is 0 Å². The van der Waals surface area contributed by atoms with E-state index in [4.69, 9.17) is 12.2 Å². The minimum absolute atomic E-state index is 0.230. The molecule has 0 aliphatic carbocycles. The lowest BCUT2D eigenvalue weighted by Crippen LogP contribution is -2.12. The molecule has 0 aliphatic heterocycles. The fraction of sp³-hybridized carbons (Fsp3) is 0. The van der Waals surface area contributed by atoms with Crippen molar-refractivity contribution >= 4 is 23.4 Å². The predicted molar refractivity (Wildman–Crippen MR) is 96.2 cm³/mol. The van der Waals surface area contributed by atoms with E-state index < -0.39 is 0 Å². The van der Waals surface area contributed by atoms with Gasteiger partial charge in [0.05, 0.1) is 11.4 Å². The van der Waals surface area contributed by atoms with E-state index in [-0.39, 0.29) is 15.8 Å². The smallest absolute Gasteiger partial charge is 0.279 e. The first-order chi connectivity index (χ1) is 11.7. The highest BCUT2D eigenvalue weighted by molar-refractivity contribution is 7.71. The van der Waals surface area contributed by atoms with Gasteiger partial charge >= 0.3 is 0 Å². The Morgan fingerprint density at radius 3 is 1.88 bits per heavy atom. The van der Waals surface area contributed by atoms with Crippen LogP contribution in [-0.2, 0) is 0 Å². The minimum Gasteiger partial charge on any atom is -0.315 e. The summed E-state index contributed by atoms with van der Waals surface area (Å²) in [6, 6.07) is 19.4. The van der Waals surface area contributed by atoms with E-state index in [0.717, 1.165) is 11.1 Å². The molecule has 2 aromatic carbocycles. The molecule has 0 amide bonds. The number of aromatic nitrogens is 4. The average molecular weight is 332 g/mol. The summed E-state index contributed by atoms with van der Waals surface area (Å²) in [7, 11) is 0. The van der Waals surface area contributed by atoms with Gasteiger partial charge in [-0.15, -0.1) is 0 Å². The van der Waals surface area contributed by atoms with Gasteiger partial charge in [0.2, 0.25) is 0 Å². The number of H-pyrrole nitrogens is 2. The summed E-state index contributed by atoms with van der Waals surface area (Å²) in [4.78, 5) is 26.9. The number of nitrogens with one attached hydrogen (secondary N) is 2. The molecule has 6 heteroatoms. The van der Waals surface area contributed by atoms with Crippen molar-refractivity contribution in [3.05, 3.63) is 75.8 Å². The van der Waals surface area contributed by atoms with Gasteiger partial charge in [0.25, 0.3) is 5.56 Å². The fourth-order valence-electron chi connectivity index (χ4n) is 2.58. The number of hydrogen-bond acceptors (Lipinski definition) is 4. The van der Waals surface area contributed by atoms with Crippen molar-refractivity contribution in [3.8, 4) is 22.5 Å². The van der Waals surface area contributed by atoms with Gasteiger partial charge in [0, 0.05) is 11.1 Å². The van der Waals surface area contributed by atoms with Crippen molar-refractivity contribution in [3.63, 3.8) is 0 Å². The van der Waals surface area contributed by atoms with Gasteiger partial charge in [0.15, 0.2) is 15.9 Å². The minimum atomic E-state index is -0.349. The first kappa shape index (κ1) is 14.5. The van der Waals surface area contributed by atoms with Crippen molar-refractivity contribution in [1.29, 1.82) is 0 Å². The fourth-order valence-corrected chi connectivity index (χ4v) is 2.77. The molecular weight excluding hydrogens is 320 g/mol. The Hall–Kier alpha value is -3.12. The summed E-state index contributed by atoms with van der Waals surface area (Å²) in [5.74, 6) is 0. The zero-order valence-electron chi connectivity index (χ0n) is 12.5. The van der Waals surface area contributed by atoms with E-state index in [9.17, 15) is 4.79 Å². The largest absolute Gasteiger partial charge is 0.315 e. The average Bonchev–Trinajstić information content (AvgIpc) is 2.62. The Labute approximate surface area is 142 Å². The molecule has 4 rings (SSSR count). The lowest BCUT2D eigenvalue weighted by atomic mass is 10.0. The molecule has 0 unspecified atom stereocenters. The van der Waals surface area contributed by atoms with Crippen LogP contribution in [0.1, 0.15) is 0 Å². The van der Waals surface area contributed by atoms with Crippen LogP contribution >= 0.6 is 12.2 Å². The Kier molecular flexibility index (Phi) is 3.51. The molecule has 0 spiro atoms. The van der Waals surface area contributed by atoms with Crippen LogP contribution in [0.25, 0.3) is 33.7 Å². The topological polar surface area (TPSA) is 74.4 Å². The molecule has 0 aliphatic rings. The zero-order valence-corrected chi connectivity index (χ0v) is 13.3. The van der Waals surface area contributed by atoms with Crippen LogP contribution < -0.4 is 5.56 Å². The monoisotopic (exact) mass is 332 g/mol. The number of rotatable bonds is 2. The Morgan fingerprint density at radius 2 is 1.29 bits per heavy atom. The van der Waals surface area contributed by atoms with Crippen LogP contribution in [0.15, 0.2) is 65.5 Å². The van der Waals surface area contributed by atoms with Gasteiger partial charge in [0.1, 0.15) is 0 Å². The van der Waals surface area contributed by atoms with Gasteiger partial charge in [-0.3, -0.25) is 9.78 Å². The summed E-state index contributed by atoms with van der Waals surface area (Å²) in [6.07, 6.45) is 0. The van der Waals surface area contributed by atoms with Crippen molar-refractivity contribution in [1.82, 2.24) is 19.9 Å². The Balaban J connectivity index is 2.12. The molecular formula is C18H12N4OS. The molecule has 0 radical (unpaired) electrons. The second-order valence-electron chi connectivity index (χ2n) is 5.26. The van der Waals surface area contributed by atoms with Crippen LogP contribution in [0.3, 0.4) is 0 Å². The van der Waals surface area contributed by atoms with E-state index in [2.05, 4.69) is 19.9 Å². The molecule has 2 aromatic heterocycles. The molecule has 0 fully saturated rings. The molecule has 0 saturated heterocycles. The lowest BCUT2D eigenvalue weighted by molar-refractivity contribution is 1.09. The molecule has 0 saturated carbocycles. The van der Waals surface area contributed by atoms with Crippen molar-refractivity contribution in [2.75, 3.05) is 0 Å². The van der Waals surface area contributed by atoms with E-state index in [1.165, 1.54) is 0 Å². The highest BCUT2D eigenvalue weighted by Crippen LogP contribution is 2.29. The van der Waals surface area contributed by atoms with E-state index in [1.54, 1.807) is 0 Å². The number of hydrogen-bond donors (Lipinski definition) is 2. The highest BCUT2D eigenvalue weighted by Gasteiger charge is 2.14. The molecule has 5 nitrogen and oxygen atoms in total. The molecule has 24 heavy (non-hydrogen) atoms. The second-order valence-corrected chi connectivity index (χ2v) is 5.67. The van der Waals surface area contributed by atoms with Crippen LogP contribution in [0.4, 0.5) is 0 Å². The van der Waals surface area contributed by atoms with E-state index >= 15 is 0 Å². The third-order valence-electron chi connectivity index (χ3n) is 3.66. The van der Waals surface area contributed by atoms with Gasteiger partial charge in [-0.05, 0) is 12.2 Å². The number of nitrogens with zero attached hydrogens (tertiary/aromatic N) is 2. The normalized spacial score (nSPS) is 10.8. The predicted octanol–water partition coefficient (Wildman–Crippen LogP) is 3.71. The zero-order chi connectivity index (χ0) is 16.5. The van der Waals surface area contributed by atoms with Gasteiger partial charge in [-0.25, -0.2) is 9.97 Å². The molecule has 2 N–H and O–H groups in total. The second kappa shape index (κ2) is 5.82. The van der Waals surface area contributed by atoms with Crippen LogP contribution in [0.2, 0.25) is 0 Å². The number of fused-ring (bicyclic) bond motifs is 1. The van der Waals surface area contributed by atoms with Crippen molar-refractivity contribution in [2.24, 2.45) is 0 Å². The summed E-state index contributed by atoms with van der Waals surface area (Å²) in [5.41, 5.74) is 3.44. The van der Waals surface area contributed by atoms with Gasteiger partial charge < -0.3 is 4.98 Å². The maximum atomic E-state index is 12.2. The highest BCUT2D eigenvalue weighted by atomic mass is 32.1. The summed E-state index contributed by atoms with van der Waals surface area (Å²) in [6.45, 7) is 0. The lowest BCUT2D eigenvalue weighted by Gasteiger charge is -2.10. The van der Waals surface area contributed by atoms with Crippen molar-refractivity contribution in [2.45, 2.75) is 0 Å². The number of aromatic amines is 2. The third-order valence-corrected chi connectivity index (χ3v) is 3.87. The molecule has 2 heterocycles. The molecule has 4 aromatic rings. The summed E-state index contributed by atoms with van der Waals surface area (Å²) < 4.78 is 0.230. The van der Waals surface area contributed by atoms with Crippen LogP contribution in [0, 0.1) is 4.77 Å². The third kappa shape index (κ3) is 2.53. The first-order valence-corrected chi connectivity index (χ1v) is 7.78. The summed E-state index contributed by atoms with van der Waals surface area (Å²) in [5, 5.41) is 0. The number of benzene rings is 2. The van der Waals surface area contributed by atoms with Gasteiger partial charge in [-0.1, -0.05) is 60.7 Å². The summed E-state index contributed by atoms with van der Waals surface area (Å²) >= 11 is 5.03. The van der Waals surface area contributed by atoms with E-state index in [0.29, 0.717) is 17.0 Å². The first-order valence-electron chi connectivity index (χ1n) is 7.37. The quantitative estimate of drug-likeness (QED) is 0.549. The standard InChI is InChI=1S/C18H12N4OS/c23-17-15-16(21-18(24)22-17)20-14(12-9-5-2-6-10-12)13(19-15)11-7-3-1-4-8-11/h1-10H,(H2,20,21,22,23,24). The molecule has 116 valence electrons. The maximum Gasteiger partial charge on any atom is 0.279 e. The molecule has 0 atom stereocenters. The van der Waals surface area contributed by atoms with E-state index in [1.807, 2.05) is 60.7 Å². The van der Waals surface area contributed by atoms with Gasteiger partial charge in [-0.2, -0.15) is 0 Å². The van der Waals surface area contributed by atoms with Crippen LogP contribution in [-0.4, -0.2) is 19.9 Å².